The lowest BCUT2D eigenvalue weighted by molar-refractivity contribution is -0.307. The van der Waals surface area contributed by atoms with E-state index in [9.17, 15) is 45.6 Å². The number of aliphatic hydroxyl groups is 9. The van der Waals surface area contributed by atoms with E-state index in [1.54, 1.807) is 0 Å². The van der Waals surface area contributed by atoms with Crippen molar-refractivity contribution < 1.29 is 65.0 Å². The van der Waals surface area contributed by atoms with Crippen LogP contribution in [0.1, 0.15) is 6.42 Å². The van der Waals surface area contributed by atoms with Gasteiger partial charge in [0, 0.05) is 31.6 Å². The molecule has 252 valence electrons. The fraction of sp³-hybridized carbons (Fsp3) is 0.958. The number of aliphatic hydroxyl groups excluding tert-OH is 9. The second kappa shape index (κ2) is 15.9. The fourth-order valence-corrected chi connectivity index (χ4v) is 5.86. The fourth-order valence-electron chi connectivity index (χ4n) is 5.86. The van der Waals surface area contributed by atoms with Gasteiger partial charge in [0.05, 0.1) is 49.7 Å². The molecular weight excluding hydrogens is 580 g/mol. The third kappa shape index (κ3) is 7.96. The molecule has 17 unspecified atom stereocenters. The van der Waals surface area contributed by atoms with Gasteiger partial charge in [0.1, 0.15) is 42.7 Å². The molecule has 2 aliphatic heterocycles. The molecule has 19 nitrogen and oxygen atoms in total. The molecule has 0 spiro atoms. The highest BCUT2D eigenvalue weighted by Gasteiger charge is 2.55. The van der Waals surface area contributed by atoms with E-state index in [4.69, 9.17) is 42.3 Å². The van der Waals surface area contributed by atoms with Crippen LogP contribution in [-0.4, -0.2) is 182 Å². The quantitative estimate of drug-likeness (QED) is 0.0891. The Balaban J connectivity index is 1.91. The molecule has 3 fully saturated rings. The van der Waals surface area contributed by atoms with Crippen molar-refractivity contribution in [3.8, 4) is 0 Å². The molecule has 0 radical (unpaired) electrons. The monoisotopic (exact) mass is 628 g/mol. The zero-order valence-corrected chi connectivity index (χ0v) is 23.5. The Bertz CT molecular complexity index is 882. The molecule has 19 heteroatoms. The first-order valence-electron chi connectivity index (χ1n) is 14.2. The van der Waals surface area contributed by atoms with E-state index in [0.29, 0.717) is 0 Å². The van der Waals surface area contributed by atoms with E-state index < -0.39 is 123 Å². The minimum absolute atomic E-state index is 0.00486. The number of carbonyl (C=O) groups is 1. The molecule has 1 amide bonds. The second-order valence-electron chi connectivity index (χ2n) is 11.3. The van der Waals surface area contributed by atoms with E-state index in [2.05, 4.69) is 10.6 Å². The van der Waals surface area contributed by atoms with Gasteiger partial charge >= 0.3 is 0 Å². The van der Waals surface area contributed by atoms with Gasteiger partial charge in [-0.05, 0) is 6.42 Å². The van der Waals surface area contributed by atoms with Crippen LogP contribution in [0.2, 0.25) is 0 Å². The summed E-state index contributed by atoms with van der Waals surface area (Å²) in [6.07, 6.45) is -18.0. The number of ether oxygens (including phenoxy) is 3. The Morgan fingerprint density at radius 2 is 1.58 bits per heavy atom. The van der Waals surface area contributed by atoms with Gasteiger partial charge in [-0.3, -0.25) is 4.79 Å². The van der Waals surface area contributed by atoms with Gasteiger partial charge in [0.2, 0.25) is 0 Å². The Kier molecular flexibility index (Phi) is 13.4. The van der Waals surface area contributed by atoms with Crippen LogP contribution in [0.15, 0.2) is 0 Å². The molecule has 43 heavy (non-hydrogen) atoms. The number of nitrogens with two attached hydrogens (primary N) is 4. The summed E-state index contributed by atoms with van der Waals surface area (Å²) in [4.78, 5) is 12.8. The number of nitrogens with one attached hydrogen (secondary N) is 2. The van der Waals surface area contributed by atoms with Crippen molar-refractivity contribution in [3.63, 3.8) is 0 Å². The zero-order chi connectivity index (χ0) is 32.2. The molecule has 2 saturated heterocycles. The Hall–Kier alpha value is -1.21. The lowest BCUT2D eigenvalue weighted by atomic mass is 9.71. The number of amides is 1. The summed E-state index contributed by atoms with van der Waals surface area (Å²) in [5.74, 6) is -2.18. The largest absolute Gasteiger partial charge is 0.395 e. The predicted molar refractivity (Wildman–Crippen MR) is 144 cm³/mol. The van der Waals surface area contributed by atoms with Crippen molar-refractivity contribution >= 4 is 5.91 Å². The lowest BCUT2D eigenvalue weighted by Gasteiger charge is -2.52. The van der Waals surface area contributed by atoms with Gasteiger partial charge < -0.3 is 93.7 Å². The van der Waals surface area contributed by atoms with Gasteiger partial charge in [-0.25, -0.2) is 0 Å². The zero-order valence-electron chi connectivity index (χ0n) is 23.5. The number of hydrogen-bond donors (Lipinski definition) is 15. The molecule has 2 heterocycles. The van der Waals surface area contributed by atoms with Gasteiger partial charge in [-0.1, -0.05) is 0 Å². The standard InChI is InChI=1S/C24H48N6O13/c25-4-9(33)15(34)23(40)30-8-3-7(26)12(22-14(28)19(38)17(36)10(41-22)5-29-1-2-31)18(37)21(8)43-24-20(39)13(27)16(35)11(6-32)42-24/h7-22,24,29,31-39H,1-6,25-28H2,(H,30,40). The maximum Gasteiger partial charge on any atom is 0.251 e. The van der Waals surface area contributed by atoms with Crippen LogP contribution in [0, 0.1) is 5.92 Å². The number of hydrogen-bond acceptors (Lipinski definition) is 18. The summed E-state index contributed by atoms with van der Waals surface area (Å²) in [5.41, 5.74) is 23.9. The van der Waals surface area contributed by atoms with Crippen molar-refractivity contribution in [1.29, 1.82) is 0 Å². The summed E-state index contributed by atoms with van der Waals surface area (Å²) in [5, 5.41) is 97.8. The summed E-state index contributed by atoms with van der Waals surface area (Å²) >= 11 is 0. The van der Waals surface area contributed by atoms with Crippen LogP contribution in [0.5, 0.6) is 0 Å². The van der Waals surface area contributed by atoms with E-state index in [1.165, 1.54) is 0 Å². The Labute approximate surface area is 247 Å². The highest BCUT2D eigenvalue weighted by atomic mass is 16.7. The molecule has 0 aromatic carbocycles. The average molecular weight is 629 g/mol. The topological polar surface area (TPSA) is 355 Å². The molecule has 1 saturated carbocycles. The van der Waals surface area contributed by atoms with Crippen LogP contribution in [0.25, 0.3) is 0 Å². The van der Waals surface area contributed by atoms with Gasteiger partial charge in [-0.2, -0.15) is 0 Å². The van der Waals surface area contributed by atoms with E-state index in [-0.39, 0.29) is 26.1 Å². The SMILES string of the molecule is NCC(O)C(O)C(=O)NC1CC(N)C(C2OC(CNCCO)C(O)C(O)C2N)C(O)C1OC1OC(CO)C(O)C(N)C1O. The summed E-state index contributed by atoms with van der Waals surface area (Å²) < 4.78 is 17.5. The highest BCUT2D eigenvalue weighted by molar-refractivity contribution is 5.81. The molecule has 3 rings (SSSR count). The third-order valence-electron chi connectivity index (χ3n) is 8.43. The van der Waals surface area contributed by atoms with Crippen LogP contribution in [0.4, 0.5) is 0 Å². The van der Waals surface area contributed by atoms with Gasteiger partial charge in [0.15, 0.2) is 12.4 Å². The average Bonchev–Trinajstić information content (AvgIpc) is 2.98. The first kappa shape index (κ1) is 36.3. The smallest absolute Gasteiger partial charge is 0.251 e. The van der Waals surface area contributed by atoms with Crippen LogP contribution < -0.4 is 33.6 Å². The van der Waals surface area contributed by atoms with Crippen molar-refractivity contribution in [1.82, 2.24) is 10.6 Å². The molecule has 1 aliphatic carbocycles. The minimum Gasteiger partial charge on any atom is -0.395 e. The maximum absolute atomic E-state index is 12.8. The lowest BCUT2D eigenvalue weighted by Crippen LogP contribution is -2.72. The van der Waals surface area contributed by atoms with E-state index in [1.807, 2.05) is 0 Å². The first-order chi connectivity index (χ1) is 20.3. The van der Waals surface area contributed by atoms with Gasteiger partial charge in [-0.15, -0.1) is 0 Å². The van der Waals surface area contributed by atoms with Crippen molar-refractivity contribution in [2.24, 2.45) is 28.9 Å². The van der Waals surface area contributed by atoms with E-state index in [0.717, 1.165) is 0 Å². The third-order valence-corrected chi connectivity index (χ3v) is 8.43. The predicted octanol–water partition coefficient (Wildman–Crippen LogP) is -9.59. The van der Waals surface area contributed by atoms with E-state index >= 15 is 0 Å². The molecular formula is C24H48N6O13. The normalized spacial score (nSPS) is 45.4. The Morgan fingerprint density at radius 1 is 0.907 bits per heavy atom. The number of rotatable bonds is 12. The molecule has 0 aromatic heterocycles. The summed E-state index contributed by atoms with van der Waals surface area (Å²) in [6.45, 7) is -1.15. The maximum atomic E-state index is 12.8. The van der Waals surface area contributed by atoms with Crippen LogP contribution in [0.3, 0.4) is 0 Å². The molecule has 0 aromatic rings. The van der Waals surface area contributed by atoms with Gasteiger partial charge in [0.25, 0.3) is 5.91 Å². The summed E-state index contributed by atoms with van der Waals surface area (Å²) in [6, 6.07) is -4.75. The van der Waals surface area contributed by atoms with Crippen molar-refractivity contribution in [3.05, 3.63) is 0 Å². The van der Waals surface area contributed by atoms with Crippen LogP contribution in [-0.2, 0) is 19.0 Å². The molecule has 0 bridgehead atoms. The summed E-state index contributed by atoms with van der Waals surface area (Å²) in [7, 11) is 0. The molecule has 3 aliphatic rings. The van der Waals surface area contributed by atoms with Crippen LogP contribution >= 0.6 is 0 Å². The number of carbonyl (C=O) groups excluding carboxylic acids is 1. The molecule has 19 N–H and O–H groups in total. The second-order valence-corrected chi connectivity index (χ2v) is 11.3. The van der Waals surface area contributed by atoms with Crippen molar-refractivity contribution in [2.45, 2.75) is 104 Å². The Morgan fingerprint density at radius 3 is 2.19 bits per heavy atom. The minimum atomic E-state index is -1.95. The first-order valence-corrected chi connectivity index (χ1v) is 14.2. The molecule has 17 atom stereocenters. The highest BCUT2D eigenvalue weighted by Crippen LogP contribution is 2.37. The van der Waals surface area contributed by atoms with Crippen molar-refractivity contribution in [2.75, 3.05) is 32.8 Å².